The Kier molecular flexibility index (Phi) is 4.56. The highest BCUT2D eigenvalue weighted by molar-refractivity contribution is 5.82. The van der Waals surface area contributed by atoms with E-state index in [2.05, 4.69) is 24.5 Å². The van der Waals surface area contributed by atoms with Gasteiger partial charge in [0.1, 0.15) is 0 Å². The molecule has 5 heteroatoms. The lowest BCUT2D eigenvalue weighted by molar-refractivity contribution is -0.125. The standard InChI is InChI=1S/C11H20N4O/c1-4-8(2)10(13-3)11(16)14-9-5-15(6-9)7-12/h8-10,13H,4-6H2,1-3H3,(H,14,16)/t8-,10-/m0/s1. The molecule has 2 atom stereocenters. The third-order valence-electron chi connectivity index (χ3n) is 3.18. The molecule has 0 radical (unpaired) electrons. The minimum atomic E-state index is -0.138. The number of hydrogen-bond donors (Lipinski definition) is 2. The number of nitrogens with zero attached hydrogens (tertiary/aromatic N) is 2. The molecule has 1 aliphatic rings. The molecule has 1 saturated heterocycles. The first kappa shape index (κ1) is 12.8. The molecule has 2 N–H and O–H groups in total. The van der Waals surface area contributed by atoms with E-state index in [1.54, 1.807) is 11.9 Å². The Labute approximate surface area is 96.8 Å². The third kappa shape index (κ3) is 2.86. The van der Waals surface area contributed by atoms with Crippen molar-refractivity contribution in [3.8, 4) is 6.19 Å². The Balaban J connectivity index is 2.37. The molecular formula is C11H20N4O. The van der Waals surface area contributed by atoms with Crippen LogP contribution in [0, 0.1) is 17.4 Å². The third-order valence-corrected chi connectivity index (χ3v) is 3.18. The van der Waals surface area contributed by atoms with Gasteiger partial charge in [0.25, 0.3) is 0 Å². The summed E-state index contributed by atoms with van der Waals surface area (Å²) in [5.41, 5.74) is 0. The molecule has 0 aromatic carbocycles. The predicted molar refractivity (Wildman–Crippen MR) is 61.4 cm³/mol. The summed E-state index contributed by atoms with van der Waals surface area (Å²) < 4.78 is 0. The van der Waals surface area contributed by atoms with Crippen LogP contribution in [-0.4, -0.2) is 43.0 Å². The molecule has 1 fully saturated rings. The van der Waals surface area contributed by atoms with Crippen molar-refractivity contribution in [3.63, 3.8) is 0 Å². The maximum atomic E-state index is 11.9. The van der Waals surface area contributed by atoms with Crippen molar-refractivity contribution in [2.24, 2.45) is 5.92 Å². The second kappa shape index (κ2) is 5.71. The summed E-state index contributed by atoms with van der Waals surface area (Å²) in [6.07, 6.45) is 3.01. The molecular weight excluding hydrogens is 204 g/mol. The van der Waals surface area contributed by atoms with Crippen LogP contribution in [0.3, 0.4) is 0 Å². The van der Waals surface area contributed by atoms with Crippen LogP contribution in [-0.2, 0) is 4.79 Å². The Bertz CT molecular complexity index is 280. The number of carbonyl (C=O) groups is 1. The molecule has 0 aliphatic carbocycles. The van der Waals surface area contributed by atoms with Crippen LogP contribution in [0.4, 0.5) is 0 Å². The van der Waals surface area contributed by atoms with Crippen LogP contribution >= 0.6 is 0 Å². The van der Waals surface area contributed by atoms with Crippen LogP contribution in [0.5, 0.6) is 0 Å². The van der Waals surface area contributed by atoms with Crippen LogP contribution in [0.25, 0.3) is 0 Å². The van der Waals surface area contributed by atoms with Gasteiger partial charge in [0, 0.05) is 0 Å². The molecule has 1 amide bonds. The Morgan fingerprint density at radius 1 is 1.62 bits per heavy atom. The van der Waals surface area contributed by atoms with Gasteiger partial charge in [-0.25, -0.2) is 0 Å². The number of nitrogens with one attached hydrogen (secondary N) is 2. The Hall–Kier alpha value is -1.28. The van der Waals surface area contributed by atoms with Crippen LogP contribution in [0.2, 0.25) is 0 Å². The van der Waals surface area contributed by atoms with Gasteiger partial charge in [-0.1, -0.05) is 20.3 Å². The molecule has 90 valence electrons. The van der Waals surface area contributed by atoms with Crippen molar-refractivity contribution in [1.29, 1.82) is 5.26 Å². The molecule has 16 heavy (non-hydrogen) atoms. The lowest BCUT2D eigenvalue weighted by atomic mass is 9.98. The molecule has 0 saturated carbocycles. The summed E-state index contributed by atoms with van der Waals surface area (Å²) in [5.74, 6) is 0.358. The van der Waals surface area contributed by atoms with Crippen molar-refractivity contribution in [1.82, 2.24) is 15.5 Å². The molecule has 0 aromatic rings. The zero-order chi connectivity index (χ0) is 12.1. The Morgan fingerprint density at radius 2 is 2.25 bits per heavy atom. The molecule has 1 rings (SSSR count). The molecule has 5 nitrogen and oxygen atoms in total. The van der Waals surface area contributed by atoms with E-state index >= 15 is 0 Å². The number of likely N-dealkylation sites (N-methyl/N-ethyl adjacent to an activating group) is 1. The fourth-order valence-corrected chi connectivity index (χ4v) is 1.85. The van der Waals surface area contributed by atoms with Gasteiger partial charge >= 0.3 is 0 Å². The lowest BCUT2D eigenvalue weighted by Crippen LogP contribution is -2.60. The van der Waals surface area contributed by atoms with Gasteiger partial charge < -0.3 is 15.5 Å². The predicted octanol–water partition coefficient (Wildman–Crippen LogP) is -0.0980. The second-order valence-corrected chi connectivity index (χ2v) is 4.36. The van der Waals surface area contributed by atoms with Crippen LogP contribution < -0.4 is 10.6 Å². The second-order valence-electron chi connectivity index (χ2n) is 4.36. The molecule has 0 unspecified atom stereocenters. The highest BCUT2D eigenvalue weighted by Gasteiger charge is 2.30. The van der Waals surface area contributed by atoms with Crippen molar-refractivity contribution in [3.05, 3.63) is 0 Å². The van der Waals surface area contributed by atoms with Crippen LogP contribution in [0.15, 0.2) is 0 Å². The van der Waals surface area contributed by atoms with Gasteiger partial charge in [-0.15, -0.1) is 0 Å². The average molecular weight is 224 g/mol. The number of amides is 1. The minimum Gasteiger partial charge on any atom is -0.348 e. The van der Waals surface area contributed by atoms with Crippen molar-refractivity contribution in [2.45, 2.75) is 32.4 Å². The van der Waals surface area contributed by atoms with Gasteiger partial charge in [-0.05, 0) is 13.0 Å². The normalized spacial score (nSPS) is 19.5. The largest absolute Gasteiger partial charge is 0.348 e. The van der Waals surface area contributed by atoms with E-state index in [0.29, 0.717) is 19.0 Å². The van der Waals surface area contributed by atoms with E-state index in [-0.39, 0.29) is 18.0 Å². The first-order chi connectivity index (χ1) is 7.62. The fraction of sp³-hybridized carbons (Fsp3) is 0.818. The Morgan fingerprint density at radius 3 is 2.69 bits per heavy atom. The summed E-state index contributed by atoms with van der Waals surface area (Å²) in [7, 11) is 1.80. The minimum absolute atomic E-state index is 0.0411. The van der Waals surface area contributed by atoms with Gasteiger partial charge in [-0.2, -0.15) is 5.26 Å². The first-order valence-corrected chi connectivity index (χ1v) is 5.74. The van der Waals surface area contributed by atoms with E-state index in [4.69, 9.17) is 5.26 Å². The summed E-state index contributed by atoms with van der Waals surface area (Å²) in [6.45, 7) is 5.41. The van der Waals surface area contributed by atoms with Crippen molar-refractivity contribution < 1.29 is 4.79 Å². The van der Waals surface area contributed by atoms with E-state index in [1.807, 2.05) is 6.19 Å². The lowest BCUT2D eigenvalue weighted by Gasteiger charge is -2.36. The van der Waals surface area contributed by atoms with Crippen molar-refractivity contribution in [2.75, 3.05) is 20.1 Å². The molecule has 0 aromatic heterocycles. The van der Waals surface area contributed by atoms with E-state index in [9.17, 15) is 4.79 Å². The number of hydrogen-bond acceptors (Lipinski definition) is 4. The maximum Gasteiger partial charge on any atom is 0.237 e. The molecule has 1 heterocycles. The highest BCUT2D eigenvalue weighted by Crippen LogP contribution is 2.10. The van der Waals surface area contributed by atoms with E-state index < -0.39 is 0 Å². The topological polar surface area (TPSA) is 68.2 Å². The summed E-state index contributed by atoms with van der Waals surface area (Å²) in [4.78, 5) is 13.5. The quantitative estimate of drug-likeness (QED) is 0.640. The fourth-order valence-electron chi connectivity index (χ4n) is 1.85. The van der Waals surface area contributed by atoms with Crippen LogP contribution in [0.1, 0.15) is 20.3 Å². The summed E-state index contributed by atoms with van der Waals surface area (Å²) >= 11 is 0. The number of nitriles is 1. The number of carbonyl (C=O) groups excluding carboxylic acids is 1. The first-order valence-electron chi connectivity index (χ1n) is 5.74. The molecule has 1 aliphatic heterocycles. The molecule has 0 bridgehead atoms. The number of likely N-dealkylation sites (tertiary alicyclic amines) is 1. The SMILES string of the molecule is CC[C@H](C)[C@H](NC)C(=O)NC1CN(C#N)C1. The van der Waals surface area contributed by atoms with E-state index in [0.717, 1.165) is 6.42 Å². The molecule has 0 spiro atoms. The van der Waals surface area contributed by atoms with Gasteiger partial charge in [-0.3, -0.25) is 4.79 Å². The van der Waals surface area contributed by atoms with Gasteiger partial charge in [0.15, 0.2) is 6.19 Å². The summed E-state index contributed by atoms with van der Waals surface area (Å²) in [5, 5.41) is 14.6. The smallest absolute Gasteiger partial charge is 0.237 e. The maximum absolute atomic E-state index is 11.9. The monoisotopic (exact) mass is 224 g/mol. The average Bonchev–Trinajstić information content (AvgIpc) is 2.23. The van der Waals surface area contributed by atoms with Gasteiger partial charge in [0.2, 0.25) is 5.91 Å². The van der Waals surface area contributed by atoms with Gasteiger partial charge in [0.05, 0.1) is 25.2 Å². The van der Waals surface area contributed by atoms with Crippen molar-refractivity contribution >= 4 is 5.91 Å². The van der Waals surface area contributed by atoms with E-state index in [1.165, 1.54) is 0 Å². The zero-order valence-electron chi connectivity index (χ0n) is 10.2. The summed E-state index contributed by atoms with van der Waals surface area (Å²) in [6, 6.07) is -0.00630. The zero-order valence-corrected chi connectivity index (χ0v) is 10.2. The highest BCUT2D eigenvalue weighted by atomic mass is 16.2. The number of rotatable bonds is 5.